The number of carbonyl (C=O) groups is 2. The van der Waals surface area contributed by atoms with Crippen LogP contribution in [0.4, 0.5) is 0 Å². The highest BCUT2D eigenvalue weighted by Crippen LogP contribution is 2.55. The summed E-state index contributed by atoms with van der Waals surface area (Å²) in [5.74, 6) is 1.07. The van der Waals surface area contributed by atoms with Crippen LogP contribution in [0.25, 0.3) is 0 Å². The van der Waals surface area contributed by atoms with Crippen molar-refractivity contribution in [3.8, 4) is 5.88 Å². The van der Waals surface area contributed by atoms with E-state index in [0.717, 1.165) is 32.1 Å². The number of carbonyl (C=O) groups excluding carboxylic acids is 2. The molecule has 0 spiro atoms. The highest BCUT2D eigenvalue weighted by molar-refractivity contribution is 8.00. The summed E-state index contributed by atoms with van der Waals surface area (Å²) < 4.78 is 11.4. The van der Waals surface area contributed by atoms with Crippen molar-refractivity contribution in [3.05, 3.63) is 5.76 Å². The van der Waals surface area contributed by atoms with Crippen molar-refractivity contribution in [1.82, 2.24) is 15.8 Å². The van der Waals surface area contributed by atoms with Gasteiger partial charge in [-0.05, 0) is 68.9 Å². The van der Waals surface area contributed by atoms with E-state index in [1.165, 1.54) is 11.8 Å². The first-order valence-electron chi connectivity index (χ1n) is 12.3. The molecule has 2 atom stereocenters. The van der Waals surface area contributed by atoms with E-state index in [0.29, 0.717) is 35.7 Å². The summed E-state index contributed by atoms with van der Waals surface area (Å²) in [6.45, 7) is 8.44. The zero-order valence-electron chi connectivity index (χ0n) is 20.6. The largest absolute Gasteiger partial charge is 0.474 e. The molecule has 4 saturated carbocycles. The third-order valence-electron chi connectivity index (χ3n) is 7.33. The average molecular weight is 495 g/mol. The molecule has 1 aromatic rings. The molecule has 10 heteroatoms. The summed E-state index contributed by atoms with van der Waals surface area (Å²) in [4.78, 5) is 26.3. The Bertz CT molecular complexity index is 901. The van der Waals surface area contributed by atoms with Gasteiger partial charge >= 0.3 is 0 Å². The molecule has 0 aromatic carbocycles. The molecule has 2 amide bonds. The standard InChI is InChI=1S/C24H38N4O5S/c1-13(2)34-19-18(33-28-21(19)32-12-23(3,4)22(30)26-6-5-25)20(29)27-17-15-7-14-8-16(17)11-24(31,9-14)10-15/h13-17,31H,5-12,25H2,1-4H3,(H,26,30)(H,27,29). The first-order valence-corrected chi connectivity index (χ1v) is 13.2. The van der Waals surface area contributed by atoms with Crippen molar-refractivity contribution >= 4 is 23.6 Å². The molecule has 1 aromatic heterocycles. The number of nitrogens with two attached hydrogens (primary N) is 1. The number of aromatic nitrogens is 1. The van der Waals surface area contributed by atoms with Gasteiger partial charge in [0.15, 0.2) is 0 Å². The summed E-state index contributed by atoms with van der Waals surface area (Å²) >= 11 is 1.45. The quantitative estimate of drug-likeness (QED) is 0.363. The van der Waals surface area contributed by atoms with Crippen molar-refractivity contribution in [3.63, 3.8) is 0 Å². The maximum absolute atomic E-state index is 13.3. The van der Waals surface area contributed by atoms with Crippen LogP contribution in [0, 0.1) is 23.2 Å². The Hall–Kier alpha value is -1.78. The lowest BCUT2D eigenvalue weighted by atomic mass is 9.52. The van der Waals surface area contributed by atoms with Crippen LogP contribution in [0.3, 0.4) is 0 Å². The second-order valence-corrected chi connectivity index (χ2v) is 12.8. The second kappa shape index (κ2) is 9.70. The van der Waals surface area contributed by atoms with Gasteiger partial charge < -0.3 is 30.7 Å². The lowest BCUT2D eigenvalue weighted by molar-refractivity contribution is -0.137. The van der Waals surface area contributed by atoms with Crippen LogP contribution in [0.5, 0.6) is 5.88 Å². The molecule has 5 N–H and O–H groups in total. The van der Waals surface area contributed by atoms with Crippen molar-refractivity contribution in [2.24, 2.45) is 28.9 Å². The summed E-state index contributed by atoms with van der Waals surface area (Å²) in [6.07, 6.45) is 4.53. The predicted octanol–water partition coefficient (Wildman–Crippen LogP) is 2.32. The summed E-state index contributed by atoms with van der Waals surface area (Å²) in [5, 5.41) is 21.0. The van der Waals surface area contributed by atoms with Gasteiger partial charge in [-0.3, -0.25) is 9.59 Å². The number of thioether (sulfide) groups is 1. The number of nitrogens with one attached hydrogen (secondary N) is 2. The van der Waals surface area contributed by atoms with Crippen LogP contribution in [0.2, 0.25) is 0 Å². The monoisotopic (exact) mass is 494 g/mol. The Labute approximate surface area is 205 Å². The number of hydrogen-bond donors (Lipinski definition) is 4. The van der Waals surface area contributed by atoms with Crippen LogP contribution >= 0.6 is 11.8 Å². The van der Waals surface area contributed by atoms with E-state index in [2.05, 4.69) is 15.8 Å². The molecule has 0 saturated heterocycles. The van der Waals surface area contributed by atoms with E-state index in [1.807, 2.05) is 13.8 Å². The molecule has 0 radical (unpaired) electrons. The van der Waals surface area contributed by atoms with Gasteiger partial charge in [-0.25, -0.2) is 0 Å². The zero-order chi connectivity index (χ0) is 24.7. The number of aliphatic hydroxyl groups is 1. The van der Waals surface area contributed by atoms with E-state index >= 15 is 0 Å². The first kappa shape index (κ1) is 25.3. The van der Waals surface area contributed by atoms with Crippen molar-refractivity contribution in [1.29, 1.82) is 0 Å². The Morgan fingerprint density at radius 3 is 2.56 bits per heavy atom. The minimum Gasteiger partial charge on any atom is -0.474 e. The minimum absolute atomic E-state index is 0.0425. The number of rotatable bonds is 10. The lowest BCUT2D eigenvalue weighted by Gasteiger charge is -2.58. The van der Waals surface area contributed by atoms with Crippen LogP contribution in [-0.2, 0) is 4.79 Å². The van der Waals surface area contributed by atoms with Crippen molar-refractivity contribution < 1.29 is 24.0 Å². The normalized spacial score (nSPS) is 30.0. The highest BCUT2D eigenvalue weighted by Gasteiger charge is 2.55. The average Bonchev–Trinajstić information content (AvgIpc) is 3.13. The number of hydrogen-bond acceptors (Lipinski definition) is 8. The molecule has 1 heterocycles. The lowest BCUT2D eigenvalue weighted by Crippen LogP contribution is -2.61. The SMILES string of the molecule is CC(C)Sc1c(OCC(C)(C)C(=O)NCCN)noc1C(=O)NC1C2CC3CC1CC(O)(C3)C2. The fraction of sp³-hybridized carbons (Fsp3) is 0.792. The molecular weight excluding hydrogens is 456 g/mol. The summed E-state index contributed by atoms with van der Waals surface area (Å²) in [7, 11) is 0. The topological polar surface area (TPSA) is 140 Å². The smallest absolute Gasteiger partial charge is 0.291 e. The van der Waals surface area contributed by atoms with Crippen molar-refractivity contribution in [2.75, 3.05) is 19.7 Å². The van der Waals surface area contributed by atoms with E-state index in [-0.39, 0.29) is 41.4 Å². The van der Waals surface area contributed by atoms with Crippen LogP contribution in [0.15, 0.2) is 9.42 Å². The molecule has 2 unspecified atom stereocenters. The fourth-order valence-corrected chi connectivity index (χ4v) is 6.92. The molecule has 4 aliphatic carbocycles. The molecule has 4 bridgehead atoms. The van der Waals surface area contributed by atoms with Crippen LogP contribution < -0.4 is 21.1 Å². The summed E-state index contributed by atoms with van der Waals surface area (Å²) in [6, 6.07) is 0.0425. The van der Waals surface area contributed by atoms with E-state index in [4.69, 9.17) is 15.0 Å². The fourth-order valence-electron chi connectivity index (χ4n) is 6.02. The molecule has 5 rings (SSSR count). The van der Waals surface area contributed by atoms with Gasteiger partial charge in [0.1, 0.15) is 11.5 Å². The van der Waals surface area contributed by atoms with Crippen LogP contribution in [-0.4, -0.2) is 58.7 Å². The molecule has 190 valence electrons. The van der Waals surface area contributed by atoms with Crippen molar-refractivity contribution in [2.45, 2.75) is 81.6 Å². The number of ether oxygens (including phenoxy) is 1. The molecular formula is C24H38N4O5S. The molecule has 4 aliphatic rings. The van der Waals surface area contributed by atoms with E-state index < -0.39 is 11.0 Å². The van der Waals surface area contributed by atoms with Gasteiger partial charge in [0, 0.05) is 24.4 Å². The molecule has 34 heavy (non-hydrogen) atoms. The van der Waals surface area contributed by atoms with Crippen LogP contribution in [0.1, 0.15) is 70.4 Å². The summed E-state index contributed by atoms with van der Waals surface area (Å²) in [5.41, 5.74) is 4.12. The maximum atomic E-state index is 13.3. The Morgan fingerprint density at radius 1 is 1.29 bits per heavy atom. The maximum Gasteiger partial charge on any atom is 0.291 e. The van der Waals surface area contributed by atoms with E-state index in [9.17, 15) is 14.7 Å². The Kier molecular flexibility index (Phi) is 7.22. The van der Waals surface area contributed by atoms with Gasteiger partial charge in [-0.1, -0.05) is 13.8 Å². The van der Waals surface area contributed by atoms with E-state index in [1.54, 1.807) is 13.8 Å². The third-order valence-corrected chi connectivity index (χ3v) is 8.40. The number of amides is 2. The number of nitrogens with zero attached hydrogens (tertiary/aromatic N) is 1. The van der Waals surface area contributed by atoms with Gasteiger partial charge in [0.2, 0.25) is 11.7 Å². The Morgan fingerprint density at radius 2 is 1.97 bits per heavy atom. The molecule has 4 fully saturated rings. The Balaban J connectivity index is 1.46. The third kappa shape index (κ3) is 5.23. The van der Waals surface area contributed by atoms with Gasteiger partial charge in [-0.2, -0.15) is 0 Å². The molecule has 9 nitrogen and oxygen atoms in total. The molecule has 0 aliphatic heterocycles. The van der Waals surface area contributed by atoms with Gasteiger partial charge in [-0.15, -0.1) is 11.8 Å². The van der Waals surface area contributed by atoms with Gasteiger partial charge in [0.05, 0.1) is 11.0 Å². The predicted molar refractivity (Wildman–Crippen MR) is 129 cm³/mol. The highest BCUT2D eigenvalue weighted by atomic mass is 32.2. The second-order valence-electron chi connectivity index (χ2n) is 11.2. The first-order chi connectivity index (χ1) is 16.0. The van der Waals surface area contributed by atoms with Gasteiger partial charge in [0.25, 0.3) is 11.8 Å². The zero-order valence-corrected chi connectivity index (χ0v) is 21.4. The minimum atomic E-state index is -0.809.